The van der Waals surface area contributed by atoms with Crippen LogP contribution in [0.4, 0.5) is 0 Å². The maximum atomic E-state index is 5.94. The molecule has 0 saturated carbocycles. The van der Waals surface area contributed by atoms with E-state index in [1.165, 1.54) is 0 Å². The SMILES string of the molecule is Cc1nc(-c2ncc[nH]2)nc(Cl)c1I. The van der Waals surface area contributed by atoms with Crippen molar-refractivity contribution in [3.05, 3.63) is 26.8 Å². The highest BCUT2D eigenvalue weighted by molar-refractivity contribution is 14.1. The number of hydrogen-bond donors (Lipinski definition) is 1. The van der Waals surface area contributed by atoms with Crippen molar-refractivity contribution in [2.45, 2.75) is 6.92 Å². The first-order valence-electron chi connectivity index (χ1n) is 3.88. The topological polar surface area (TPSA) is 54.5 Å². The second kappa shape index (κ2) is 3.82. The van der Waals surface area contributed by atoms with Gasteiger partial charge in [-0.2, -0.15) is 0 Å². The maximum absolute atomic E-state index is 5.94. The predicted molar refractivity (Wildman–Crippen MR) is 62.1 cm³/mol. The van der Waals surface area contributed by atoms with Crippen molar-refractivity contribution in [2.75, 3.05) is 0 Å². The molecule has 0 fully saturated rings. The molecule has 0 aliphatic rings. The highest BCUT2D eigenvalue weighted by atomic mass is 127. The molecule has 0 atom stereocenters. The second-order valence-corrected chi connectivity index (χ2v) is 4.11. The number of nitrogens with one attached hydrogen (secondary N) is 1. The summed E-state index contributed by atoms with van der Waals surface area (Å²) in [6, 6.07) is 0. The van der Waals surface area contributed by atoms with Crippen molar-refractivity contribution in [1.82, 2.24) is 19.9 Å². The van der Waals surface area contributed by atoms with E-state index in [4.69, 9.17) is 11.6 Å². The first-order chi connectivity index (χ1) is 6.68. The van der Waals surface area contributed by atoms with E-state index in [0.29, 0.717) is 16.8 Å². The molecule has 14 heavy (non-hydrogen) atoms. The minimum atomic E-state index is 0.463. The van der Waals surface area contributed by atoms with Gasteiger partial charge in [-0.3, -0.25) is 0 Å². The van der Waals surface area contributed by atoms with E-state index in [0.717, 1.165) is 9.26 Å². The molecule has 1 N–H and O–H groups in total. The molecule has 0 amide bonds. The van der Waals surface area contributed by atoms with Gasteiger partial charge in [0, 0.05) is 12.4 Å². The van der Waals surface area contributed by atoms with E-state index in [-0.39, 0.29) is 0 Å². The third-order valence-electron chi connectivity index (χ3n) is 1.69. The van der Waals surface area contributed by atoms with Crippen molar-refractivity contribution < 1.29 is 0 Å². The van der Waals surface area contributed by atoms with Gasteiger partial charge in [-0.05, 0) is 29.5 Å². The van der Waals surface area contributed by atoms with Crippen molar-refractivity contribution in [3.63, 3.8) is 0 Å². The molecule has 0 radical (unpaired) electrons. The van der Waals surface area contributed by atoms with Crippen LogP contribution in [0.15, 0.2) is 12.4 Å². The molecule has 0 bridgehead atoms. The molecule has 0 aliphatic carbocycles. The minimum absolute atomic E-state index is 0.463. The summed E-state index contributed by atoms with van der Waals surface area (Å²) in [5, 5.41) is 0.463. The monoisotopic (exact) mass is 320 g/mol. The van der Waals surface area contributed by atoms with Gasteiger partial charge in [0.2, 0.25) is 0 Å². The molecule has 2 aromatic rings. The number of aromatic amines is 1. The molecular weight excluding hydrogens is 314 g/mol. The minimum Gasteiger partial charge on any atom is -0.342 e. The van der Waals surface area contributed by atoms with Crippen molar-refractivity contribution in [2.24, 2.45) is 0 Å². The normalized spacial score (nSPS) is 10.5. The fourth-order valence-electron chi connectivity index (χ4n) is 1.02. The molecule has 2 rings (SSSR count). The van der Waals surface area contributed by atoms with Gasteiger partial charge in [0.05, 0.1) is 9.26 Å². The highest BCUT2D eigenvalue weighted by Gasteiger charge is 2.09. The van der Waals surface area contributed by atoms with Crippen molar-refractivity contribution in [3.8, 4) is 11.6 Å². The zero-order valence-corrected chi connectivity index (χ0v) is 10.2. The van der Waals surface area contributed by atoms with Crippen LogP contribution in [0.2, 0.25) is 5.15 Å². The summed E-state index contributed by atoms with van der Waals surface area (Å²) in [5.74, 6) is 1.16. The van der Waals surface area contributed by atoms with E-state index >= 15 is 0 Å². The van der Waals surface area contributed by atoms with E-state index in [2.05, 4.69) is 42.5 Å². The van der Waals surface area contributed by atoms with E-state index < -0.39 is 0 Å². The van der Waals surface area contributed by atoms with Gasteiger partial charge in [-0.25, -0.2) is 15.0 Å². The highest BCUT2D eigenvalue weighted by Crippen LogP contribution is 2.21. The quantitative estimate of drug-likeness (QED) is 0.648. The number of imidazole rings is 1. The summed E-state index contributed by atoms with van der Waals surface area (Å²) in [7, 11) is 0. The first kappa shape index (κ1) is 9.85. The van der Waals surface area contributed by atoms with Gasteiger partial charge < -0.3 is 4.98 Å². The summed E-state index contributed by atoms with van der Waals surface area (Å²) >= 11 is 8.05. The molecule has 4 nitrogen and oxygen atoms in total. The molecule has 0 aromatic carbocycles. The molecule has 0 aliphatic heterocycles. The number of rotatable bonds is 1. The Bertz CT molecular complexity index is 431. The Morgan fingerprint density at radius 3 is 2.79 bits per heavy atom. The number of H-pyrrole nitrogens is 1. The Balaban J connectivity index is 2.57. The number of aromatic nitrogens is 4. The van der Waals surface area contributed by atoms with Crippen LogP contribution in [0.3, 0.4) is 0 Å². The van der Waals surface area contributed by atoms with Crippen LogP contribution >= 0.6 is 34.2 Å². The number of aryl methyl sites for hydroxylation is 1. The lowest BCUT2D eigenvalue weighted by atomic mass is 10.4. The van der Waals surface area contributed by atoms with Crippen LogP contribution in [0.25, 0.3) is 11.6 Å². The van der Waals surface area contributed by atoms with Crippen LogP contribution < -0.4 is 0 Å². The average molecular weight is 321 g/mol. The molecule has 0 spiro atoms. The number of nitrogens with zero attached hydrogens (tertiary/aromatic N) is 3. The second-order valence-electron chi connectivity index (χ2n) is 2.68. The Kier molecular flexibility index (Phi) is 2.69. The van der Waals surface area contributed by atoms with Gasteiger partial charge in [0.25, 0.3) is 0 Å². The van der Waals surface area contributed by atoms with Crippen LogP contribution in [0.5, 0.6) is 0 Å². The Morgan fingerprint density at radius 2 is 2.21 bits per heavy atom. The zero-order valence-electron chi connectivity index (χ0n) is 7.25. The lowest BCUT2D eigenvalue weighted by molar-refractivity contribution is 1.06. The summed E-state index contributed by atoms with van der Waals surface area (Å²) in [4.78, 5) is 15.4. The van der Waals surface area contributed by atoms with Crippen molar-refractivity contribution >= 4 is 34.2 Å². The molecular formula is C8H6ClIN4. The van der Waals surface area contributed by atoms with Gasteiger partial charge >= 0.3 is 0 Å². The van der Waals surface area contributed by atoms with Gasteiger partial charge in [-0.1, -0.05) is 11.6 Å². The summed E-state index contributed by atoms with van der Waals surface area (Å²) in [6.07, 6.45) is 3.37. The average Bonchev–Trinajstić information content (AvgIpc) is 2.66. The van der Waals surface area contributed by atoms with Gasteiger partial charge in [-0.15, -0.1) is 0 Å². The molecule has 0 saturated heterocycles. The molecule has 2 aromatic heterocycles. The summed E-state index contributed by atoms with van der Waals surface area (Å²) in [6.45, 7) is 1.89. The third-order valence-corrected chi connectivity index (χ3v) is 3.57. The van der Waals surface area contributed by atoms with Crippen molar-refractivity contribution in [1.29, 1.82) is 0 Å². The van der Waals surface area contributed by atoms with Gasteiger partial charge in [0.1, 0.15) is 5.15 Å². The molecule has 72 valence electrons. The van der Waals surface area contributed by atoms with E-state index in [9.17, 15) is 0 Å². The van der Waals surface area contributed by atoms with E-state index in [1.54, 1.807) is 12.4 Å². The fourth-order valence-corrected chi connectivity index (χ4v) is 1.48. The zero-order chi connectivity index (χ0) is 10.1. The largest absolute Gasteiger partial charge is 0.342 e. The number of hydrogen-bond acceptors (Lipinski definition) is 3. The molecule has 0 unspecified atom stereocenters. The lowest BCUT2D eigenvalue weighted by Gasteiger charge is -2.01. The Hall–Kier alpha value is -0.690. The summed E-state index contributed by atoms with van der Waals surface area (Å²) < 4.78 is 0.875. The van der Waals surface area contributed by atoms with Crippen LogP contribution in [0.1, 0.15) is 5.69 Å². The lowest BCUT2D eigenvalue weighted by Crippen LogP contribution is -1.97. The third kappa shape index (κ3) is 1.74. The summed E-state index contributed by atoms with van der Waals surface area (Å²) in [5.41, 5.74) is 0.858. The van der Waals surface area contributed by atoms with Gasteiger partial charge in [0.15, 0.2) is 11.6 Å². The number of halogens is 2. The Morgan fingerprint density at radius 1 is 1.43 bits per heavy atom. The fraction of sp³-hybridized carbons (Fsp3) is 0.125. The van der Waals surface area contributed by atoms with Crippen LogP contribution in [0, 0.1) is 10.5 Å². The van der Waals surface area contributed by atoms with E-state index in [1.807, 2.05) is 6.92 Å². The predicted octanol–water partition coefficient (Wildman–Crippen LogP) is 2.43. The standard InChI is InChI=1S/C8H6ClIN4/c1-4-5(10)6(9)14-8(13-4)7-11-2-3-12-7/h2-3H,1H3,(H,11,12). The maximum Gasteiger partial charge on any atom is 0.197 e. The molecule has 6 heteroatoms. The Labute approximate surface area is 99.3 Å². The smallest absolute Gasteiger partial charge is 0.197 e. The molecule has 2 heterocycles. The van der Waals surface area contributed by atoms with Crippen LogP contribution in [-0.2, 0) is 0 Å². The first-order valence-corrected chi connectivity index (χ1v) is 5.33. The van der Waals surface area contributed by atoms with Crippen LogP contribution in [-0.4, -0.2) is 19.9 Å².